The molecular weight excluding hydrogens is 252 g/mol. The number of ether oxygens (including phenoxy) is 1. The van der Waals surface area contributed by atoms with Crippen LogP contribution in [-0.2, 0) is 0 Å². The summed E-state index contributed by atoms with van der Waals surface area (Å²) in [6.07, 6.45) is 2.87. The molecule has 0 fully saturated rings. The Kier molecular flexibility index (Phi) is 4.40. The van der Waals surface area contributed by atoms with E-state index in [1.165, 1.54) is 0 Å². The number of nitrogens with zero attached hydrogens (tertiary/aromatic N) is 2. The molecule has 1 atom stereocenters. The van der Waals surface area contributed by atoms with Gasteiger partial charge in [0.15, 0.2) is 0 Å². The zero-order chi connectivity index (χ0) is 14.5. The maximum Gasteiger partial charge on any atom is 0.221 e. The topological polar surface area (TPSA) is 73.1 Å². The molecule has 0 amide bonds. The van der Waals surface area contributed by atoms with E-state index in [1.807, 2.05) is 31.2 Å². The van der Waals surface area contributed by atoms with Gasteiger partial charge in [-0.3, -0.25) is 0 Å². The summed E-state index contributed by atoms with van der Waals surface area (Å²) in [6, 6.07) is 7.80. The van der Waals surface area contributed by atoms with E-state index in [1.54, 1.807) is 6.20 Å². The SMILES string of the molecule is CCC(C)Oc1cccc(Nc2nc(N)ncc2C)c1. The Morgan fingerprint density at radius 3 is 2.95 bits per heavy atom. The molecule has 2 aromatic rings. The Morgan fingerprint density at radius 2 is 2.20 bits per heavy atom. The highest BCUT2D eigenvalue weighted by atomic mass is 16.5. The molecule has 0 aliphatic rings. The normalized spacial score (nSPS) is 11.9. The van der Waals surface area contributed by atoms with Crippen LogP contribution < -0.4 is 15.8 Å². The quantitative estimate of drug-likeness (QED) is 0.873. The summed E-state index contributed by atoms with van der Waals surface area (Å²) in [5, 5.41) is 3.23. The van der Waals surface area contributed by atoms with Crippen LogP contribution in [0.15, 0.2) is 30.5 Å². The van der Waals surface area contributed by atoms with Crippen molar-refractivity contribution in [3.05, 3.63) is 36.0 Å². The van der Waals surface area contributed by atoms with E-state index in [2.05, 4.69) is 29.1 Å². The third-order valence-electron chi connectivity index (χ3n) is 3.00. The van der Waals surface area contributed by atoms with E-state index in [4.69, 9.17) is 10.5 Å². The number of hydrogen-bond acceptors (Lipinski definition) is 5. The minimum atomic E-state index is 0.196. The molecule has 1 aromatic carbocycles. The summed E-state index contributed by atoms with van der Waals surface area (Å²) >= 11 is 0. The van der Waals surface area contributed by atoms with Crippen LogP contribution >= 0.6 is 0 Å². The molecule has 3 N–H and O–H groups in total. The molecule has 0 spiro atoms. The zero-order valence-corrected chi connectivity index (χ0v) is 12.1. The first-order chi connectivity index (χ1) is 9.58. The first-order valence-electron chi connectivity index (χ1n) is 6.71. The van der Waals surface area contributed by atoms with Gasteiger partial charge < -0.3 is 15.8 Å². The molecule has 2 rings (SSSR count). The van der Waals surface area contributed by atoms with Gasteiger partial charge in [0.25, 0.3) is 0 Å². The lowest BCUT2D eigenvalue weighted by Crippen LogP contribution is -2.09. The molecule has 0 saturated carbocycles. The van der Waals surface area contributed by atoms with Gasteiger partial charge in [0.05, 0.1) is 6.10 Å². The van der Waals surface area contributed by atoms with Gasteiger partial charge in [0.1, 0.15) is 11.6 Å². The predicted octanol–water partition coefficient (Wildman–Crippen LogP) is 3.29. The highest BCUT2D eigenvalue weighted by molar-refractivity contribution is 5.61. The summed E-state index contributed by atoms with van der Waals surface area (Å²) in [4.78, 5) is 8.14. The van der Waals surface area contributed by atoms with Crippen LogP contribution in [0.5, 0.6) is 5.75 Å². The van der Waals surface area contributed by atoms with E-state index >= 15 is 0 Å². The predicted molar refractivity (Wildman–Crippen MR) is 81.3 cm³/mol. The van der Waals surface area contributed by atoms with E-state index < -0.39 is 0 Å². The molecule has 5 heteroatoms. The van der Waals surface area contributed by atoms with Crippen molar-refractivity contribution in [1.29, 1.82) is 0 Å². The number of hydrogen-bond donors (Lipinski definition) is 2. The van der Waals surface area contributed by atoms with Gasteiger partial charge in [-0.1, -0.05) is 13.0 Å². The largest absolute Gasteiger partial charge is 0.491 e. The second-order valence-electron chi connectivity index (χ2n) is 4.75. The second kappa shape index (κ2) is 6.23. The lowest BCUT2D eigenvalue weighted by Gasteiger charge is -2.14. The molecule has 0 aliphatic heterocycles. The van der Waals surface area contributed by atoms with Crippen molar-refractivity contribution in [2.24, 2.45) is 0 Å². The van der Waals surface area contributed by atoms with Crippen molar-refractivity contribution < 1.29 is 4.74 Å². The maximum atomic E-state index is 5.80. The van der Waals surface area contributed by atoms with Gasteiger partial charge >= 0.3 is 0 Å². The van der Waals surface area contributed by atoms with E-state index in [9.17, 15) is 0 Å². The molecular formula is C15H20N4O. The standard InChI is InChI=1S/C15H20N4O/c1-4-11(3)20-13-7-5-6-12(8-13)18-14-10(2)9-17-15(16)19-14/h5-9,11H,4H2,1-3H3,(H3,16,17,18,19). The summed E-state index contributed by atoms with van der Waals surface area (Å²) in [5.41, 5.74) is 7.45. The first kappa shape index (κ1) is 14.1. The number of rotatable bonds is 5. The lowest BCUT2D eigenvalue weighted by atomic mass is 10.2. The average molecular weight is 272 g/mol. The Morgan fingerprint density at radius 1 is 1.40 bits per heavy atom. The van der Waals surface area contributed by atoms with Crippen molar-refractivity contribution >= 4 is 17.5 Å². The van der Waals surface area contributed by atoms with Crippen LogP contribution in [0.2, 0.25) is 0 Å². The number of anilines is 3. The first-order valence-corrected chi connectivity index (χ1v) is 6.71. The number of nitrogens with two attached hydrogens (primary N) is 1. The number of nitrogen functional groups attached to an aromatic ring is 1. The Balaban J connectivity index is 2.17. The fraction of sp³-hybridized carbons (Fsp3) is 0.333. The van der Waals surface area contributed by atoms with Crippen molar-refractivity contribution in [3.63, 3.8) is 0 Å². The zero-order valence-electron chi connectivity index (χ0n) is 12.1. The summed E-state index contributed by atoms with van der Waals surface area (Å²) in [5.74, 6) is 1.80. The monoisotopic (exact) mass is 272 g/mol. The van der Waals surface area contributed by atoms with Crippen LogP contribution in [0.4, 0.5) is 17.5 Å². The molecule has 1 unspecified atom stereocenters. The molecule has 20 heavy (non-hydrogen) atoms. The molecule has 0 saturated heterocycles. The van der Waals surface area contributed by atoms with Gasteiger partial charge in [-0.25, -0.2) is 4.98 Å². The number of nitrogens with one attached hydrogen (secondary N) is 1. The smallest absolute Gasteiger partial charge is 0.221 e. The summed E-state index contributed by atoms with van der Waals surface area (Å²) in [7, 11) is 0. The molecule has 0 aliphatic carbocycles. The Bertz CT molecular complexity index is 586. The molecule has 0 bridgehead atoms. The number of benzene rings is 1. The van der Waals surface area contributed by atoms with Gasteiger partial charge in [-0.2, -0.15) is 4.98 Å². The minimum absolute atomic E-state index is 0.196. The lowest BCUT2D eigenvalue weighted by molar-refractivity contribution is 0.217. The van der Waals surface area contributed by atoms with Crippen LogP contribution in [0.1, 0.15) is 25.8 Å². The van der Waals surface area contributed by atoms with Crippen LogP contribution in [0.25, 0.3) is 0 Å². The van der Waals surface area contributed by atoms with Gasteiger partial charge in [-0.05, 0) is 32.4 Å². The van der Waals surface area contributed by atoms with Gasteiger partial charge in [0.2, 0.25) is 5.95 Å². The summed E-state index contributed by atoms with van der Waals surface area (Å²) < 4.78 is 5.80. The second-order valence-corrected chi connectivity index (χ2v) is 4.75. The van der Waals surface area contributed by atoms with Crippen LogP contribution in [0.3, 0.4) is 0 Å². The highest BCUT2D eigenvalue weighted by Gasteiger charge is 2.05. The number of aryl methyl sites for hydroxylation is 1. The van der Waals surface area contributed by atoms with Crippen molar-refractivity contribution in [1.82, 2.24) is 9.97 Å². The molecule has 5 nitrogen and oxygen atoms in total. The van der Waals surface area contributed by atoms with Crippen molar-refractivity contribution in [2.45, 2.75) is 33.3 Å². The van der Waals surface area contributed by atoms with Gasteiger partial charge in [0, 0.05) is 23.5 Å². The third-order valence-corrected chi connectivity index (χ3v) is 3.00. The van der Waals surface area contributed by atoms with E-state index in [0.29, 0.717) is 5.82 Å². The van der Waals surface area contributed by atoms with Crippen molar-refractivity contribution in [3.8, 4) is 5.75 Å². The van der Waals surface area contributed by atoms with Crippen LogP contribution in [-0.4, -0.2) is 16.1 Å². The average Bonchev–Trinajstić information content (AvgIpc) is 2.43. The molecule has 1 aromatic heterocycles. The molecule has 1 heterocycles. The summed E-state index contributed by atoms with van der Waals surface area (Å²) in [6.45, 7) is 6.08. The fourth-order valence-electron chi connectivity index (χ4n) is 1.68. The van der Waals surface area contributed by atoms with E-state index in [-0.39, 0.29) is 12.1 Å². The Hall–Kier alpha value is -2.30. The minimum Gasteiger partial charge on any atom is -0.491 e. The van der Waals surface area contributed by atoms with Crippen molar-refractivity contribution in [2.75, 3.05) is 11.1 Å². The maximum absolute atomic E-state index is 5.80. The third kappa shape index (κ3) is 3.60. The van der Waals surface area contributed by atoms with E-state index in [0.717, 1.165) is 23.4 Å². The van der Waals surface area contributed by atoms with Crippen LogP contribution in [0, 0.1) is 6.92 Å². The fourth-order valence-corrected chi connectivity index (χ4v) is 1.68. The molecule has 0 radical (unpaired) electrons. The molecule has 106 valence electrons. The highest BCUT2D eigenvalue weighted by Crippen LogP contribution is 2.23. The van der Waals surface area contributed by atoms with Gasteiger partial charge in [-0.15, -0.1) is 0 Å². The Labute approximate surface area is 119 Å². The number of aromatic nitrogens is 2.